The minimum absolute atomic E-state index is 0.0610. The van der Waals surface area contributed by atoms with Crippen molar-refractivity contribution in [3.8, 4) is 0 Å². The number of fused-ring (bicyclic) bond motifs is 1. The van der Waals surface area contributed by atoms with Gasteiger partial charge in [0.2, 0.25) is 0 Å². The number of para-hydroxylation sites is 1. The van der Waals surface area contributed by atoms with Crippen LogP contribution in [-0.2, 0) is 11.2 Å². The number of nitrogens with zero attached hydrogens (tertiary/aromatic N) is 2. The average Bonchev–Trinajstić information content (AvgIpc) is 3.27. The minimum Gasteiger partial charge on any atom is -0.361 e. The number of hydrogen-bond acceptors (Lipinski definition) is 6. The van der Waals surface area contributed by atoms with Crippen LogP contribution in [0.5, 0.6) is 0 Å². The van der Waals surface area contributed by atoms with Gasteiger partial charge >= 0.3 is 0 Å². The summed E-state index contributed by atoms with van der Waals surface area (Å²) in [4.78, 5) is 16.6. The molecule has 120 valence electrons. The van der Waals surface area contributed by atoms with Gasteiger partial charge in [-0.05, 0) is 18.6 Å². The summed E-state index contributed by atoms with van der Waals surface area (Å²) in [5, 5.41) is 19.3. The van der Waals surface area contributed by atoms with Gasteiger partial charge in [-0.3, -0.25) is 10.2 Å². The Balaban J connectivity index is 1.70. The van der Waals surface area contributed by atoms with Crippen molar-refractivity contribution in [1.29, 1.82) is 5.41 Å². The Morgan fingerprint density at radius 1 is 1.33 bits per heavy atom. The Hall–Kier alpha value is -2.25. The van der Waals surface area contributed by atoms with Crippen molar-refractivity contribution in [2.45, 2.75) is 19.3 Å². The highest BCUT2D eigenvalue weighted by Gasteiger charge is 2.39. The smallest absolute Gasteiger partial charge is 0.186 e. The number of carbonyl (C=O) groups excluding carboxylic acids is 1. The predicted octanol–water partition coefficient (Wildman–Crippen LogP) is 4.00. The van der Waals surface area contributed by atoms with Crippen LogP contribution in [0.25, 0.3) is 17.0 Å². The molecule has 24 heavy (non-hydrogen) atoms. The normalized spacial score (nSPS) is 19.7. The predicted molar refractivity (Wildman–Crippen MR) is 98.6 cm³/mol. The topological polar surface area (TPSA) is 82.5 Å². The van der Waals surface area contributed by atoms with Gasteiger partial charge < -0.3 is 4.98 Å². The third-order valence-corrected chi connectivity index (χ3v) is 6.05. The quantitative estimate of drug-likeness (QED) is 0.697. The lowest BCUT2D eigenvalue weighted by Crippen LogP contribution is -2.11. The number of thioether (sulfide) groups is 1. The maximum atomic E-state index is 12.8. The van der Waals surface area contributed by atoms with Crippen LogP contribution in [0.4, 0.5) is 0 Å². The van der Waals surface area contributed by atoms with E-state index >= 15 is 0 Å². The first-order valence-electron chi connectivity index (χ1n) is 7.58. The van der Waals surface area contributed by atoms with E-state index in [1.807, 2.05) is 43.5 Å². The summed E-state index contributed by atoms with van der Waals surface area (Å²) in [5.74, 6) is -0.654. The van der Waals surface area contributed by atoms with Gasteiger partial charge in [0.05, 0.1) is 9.95 Å². The molecule has 0 bridgehead atoms. The molecule has 0 spiro atoms. The monoisotopic (exact) mass is 354 g/mol. The maximum absolute atomic E-state index is 12.8. The van der Waals surface area contributed by atoms with Crippen molar-refractivity contribution in [2.24, 2.45) is 0 Å². The second-order valence-electron chi connectivity index (χ2n) is 5.45. The Morgan fingerprint density at radius 2 is 2.17 bits per heavy atom. The van der Waals surface area contributed by atoms with Gasteiger partial charge in [0.1, 0.15) is 15.9 Å². The largest absolute Gasteiger partial charge is 0.361 e. The van der Waals surface area contributed by atoms with Crippen molar-refractivity contribution in [2.75, 3.05) is 0 Å². The highest BCUT2D eigenvalue weighted by atomic mass is 32.2. The van der Waals surface area contributed by atoms with E-state index in [4.69, 9.17) is 5.41 Å². The van der Waals surface area contributed by atoms with E-state index in [9.17, 15) is 4.79 Å². The molecule has 1 aliphatic heterocycles. The average molecular weight is 354 g/mol. The second-order valence-corrected chi connectivity index (χ2v) is 7.63. The Bertz CT molecular complexity index is 985. The number of benzene rings is 1. The molecule has 3 aromatic rings. The molecule has 0 amide bonds. The van der Waals surface area contributed by atoms with Crippen LogP contribution in [0.2, 0.25) is 0 Å². The third kappa shape index (κ3) is 2.50. The number of Topliss-reactive ketones (excluding diaryl/α,β-unsaturated/α-hetero) is 1. The fraction of sp³-hybridized carbons (Fsp3) is 0.176. The number of ketones is 1. The molecule has 0 radical (unpaired) electrons. The van der Waals surface area contributed by atoms with Crippen molar-refractivity contribution < 1.29 is 4.79 Å². The van der Waals surface area contributed by atoms with Crippen molar-refractivity contribution in [1.82, 2.24) is 15.2 Å². The lowest BCUT2D eigenvalue weighted by Gasteiger charge is -2.00. The van der Waals surface area contributed by atoms with Crippen molar-refractivity contribution in [3.63, 3.8) is 0 Å². The summed E-state index contributed by atoms with van der Waals surface area (Å²) in [7, 11) is 0. The first-order chi connectivity index (χ1) is 11.7. The zero-order valence-electron chi connectivity index (χ0n) is 12.9. The zero-order chi connectivity index (χ0) is 16.7. The van der Waals surface area contributed by atoms with Crippen LogP contribution in [0.15, 0.2) is 35.4 Å². The van der Waals surface area contributed by atoms with Gasteiger partial charge in [0, 0.05) is 22.7 Å². The van der Waals surface area contributed by atoms with Gasteiger partial charge in [0.25, 0.3) is 0 Å². The van der Waals surface area contributed by atoms with Crippen LogP contribution < -0.4 is 0 Å². The van der Waals surface area contributed by atoms with Gasteiger partial charge in [-0.2, -0.15) is 0 Å². The fourth-order valence-corrected chi connectivity index (χ4v) is 4.64. The van der Waals surface area contributed by atoms with Gasteiger partial charge in [-0.15, -0.1) is 21.5 Å². The molecule has 1 fully saturated rings. The highest BCUT2D eigenvalue weighted by molar-refractivity contribution is 8.19. The molecular weight excluding hydrogens is 340 g/mol. The molecule has 2 aromatic heterocycles. The molecule has 0 unspecified atom stereocenters. The van der Waals surface area contributed by atoms with Crippen LogP contribution in [0.3, 0.4) is 0 Å². The van der Waals surface area contributed by atoms with E-state index in [0.717, 1.165) is 27.9 Å². The van der Waals surface area contributed by atoms with E-state index < -0.39 is 5.92 Å². The van der Waals surface area contributed by atoms with E-state index in [2.05, 4.69) is 15.2 Å². The van der Waals surface area contributed by atoms with E-state index in [0.29, 0.717) is 15.0 Å². The minimum atomic E-state index is -0.593. The summed E-state index contributed by atoms with van der Waals surface area (Å²) in [5.41, 5.74) is 1.99. The molecule has 2 N–H and O–H groups in total. The molecule has 4 rings (SSSR count). The molecule has 1 aromatic carbocycles. The lowest BCUT2D eigenvalue weighted by molar-refractivity contribution is -0.114. The van der Waals surface area contributed by atoms with Crippen molar-refractivity contribution in [3.05, 3.63) is 50.9 Å². The van der Waals surface area contributed by atoms with E-state index in [1.165, 1.54) is 23.1 Å². The number of carbonyl (C=O) groups is 1. The SMILES string of the molecule is CCc1nnc([C@H]2C(=N)S/C(=C\c3c[nH]c4ccccc34)C2=O)s1. The zero-order valence-corrected chi connectivity index (χ0v) is 14.5. The molecule has 3 heterocycles. The molecule has 1 atom stereocenters. The van der Waals surface area contributed by atoms with Crippen LogP contribution in [0.1, 0.15) is 28.4 Å². The first kappa shape index (κ1) is 15.3. The lowest BCUT2D eigenvalue weighted by atomic mass is 10.0. The number of nitrogens with one attached hydrogen (secondary N) is 2. The molecule has 0 saturated carbocycles. The summed E-state index contributed by atoms with van der Waals surface area (Å²) >= 11 is 2.64. The Labute approximate surface area is 146 Å². The summed E-state index contributed by atoms with van der Waals surface area (Å²) in [6, 6.07) is 7.96. The highest BCUT2D eigenvalue weighted by Crippen LogP contribution is 2.41. The van der Waals surface area contributed by atoms with E-state index in [-0.39, 0.29) is 5.78 Å². The molecule has 1 aliphatic rings. The number of aryl methyl sites for hydroxylation is 1. The number of aromatic nitrogens is 3. The first-order valence-corrected chi connectivity index (χ1v) is 9.21. The molecule has 7 heteroatoms. The van der Waals surface area contributed by atoms with Gasteiger partial charge in [-0.25, -0.2) is 0 Å². The number of H-pyrrole nitrogens is 1. The Kier molecular flexibility index (Phi) is 3.82. The number of rotatable bonds is 3. The van der Waals surface area contributed by atoms with Crippen LogP contribution in [-0.4, -0.2) is 26.0 Å². The number of hydrogen-bond donors (Lipinski definition) is 2. The van der Waals surface area contributed by atoms with Crippen molar-refractivity contribution >= 4 is 50.9 Å². The summed E-state index contributed by atoms with van der Waals surface area (Å²) < 4.78 is 0. The van der Waals surface area contributed by atoms with Gasteiger partial charge in [-0.1, -0.05) is 36.9 Å². The molecule has 5 nitrogen and oxygen atoms in total. The fourth-order valence-electron chi connectivity index (χ4n) is 2.69. The third-order valence-electron chi connectivity index (χ3n) is 3.93. The summed E-state index contributed by atoms with van der Waals surface area (Å²) in [6.45, 7) is 2.00. The van der Waals surface area contributed by atoms with Crippen LogP contribution >= 0.6 is 23.1 Å². The molecule has 0 aliphatic carbocycles. The Morgan fingerprint density at radius 3 is 2.96 bits per heavy atom. The van der Waals surface area contributed by atoms with Crippen LogP contribution in [0, 0.1) is 5.41 Å². The van der Waals surface area contributed by atoms with Gasteiger partial charge in [0.15, 0.2) is 5.78 Å². The summed E-state index contributed by atoms with van der Waals surface area (Å²) in [6.07, 6.45) is 4.54. The standard InChI is InChI=1S/C17H14N4OS2/c1-2-13-20-21-17(24-13)14-15(22)12(23-16(14)18)7-9-8-19-11-6-4-3-5-10(9)11/h3-8,14,18-19H,2H2,1H3/b12-7-,18-16?/t14-/m1/s1. The second kappa shape index (κ2) is 5.99. The maximum Gasteiger partial charge on any atom is 0.186 e. The molecule has 1 saturated heterocycles. The van der Waals surface area contributed by atoms with E-state index in [1.54, 1.807) is 0 Å². The number of aromatic amines is 1. The molecular formula is C17H14N4OS2. The number of allylic oxidation sites excluding steroid dienone is 1.